The SMILES string of the molecule is Cn1ccnc1-c1ccc(C(=O)NC2CCCC(c3nc4ccccc4[nH]3)C2)cc1.O=C(O)C(F)(F)F. The number of nitrogens with one attached hydrogen (secondary N) is 2. The topological polar surface area (TPSA) is 113 Å². The molecule has 2 atom stereocenters. The molecule has 1 fully saturated rings. The number of imidazole rings is 2. The van der Waals surface area contributed by atoms with E-state index < -0.39 is 12.1 Å². The maximum Gasteiger partial charge on any atom is 0.490 e. The Balaban J connectivity index is 0.000000405. The molecule has 194 valence electrons. The van der Waals surface area contributed by atoms with Gasteiger partial charge in [0.1, 0.15) is 11.6 Å². The summed E-state index contributed by atoms with van der Waals surface area (Å²) < 4.78 is 33.7. The summed E-state index contributed by atoms with van der Waals surface area (Å²) in [4.78, 5) is 34.3. The first kappa shape index (κ1) is 25.9. The number of carbonyl (C=O) groups excluding carboxylic acids is 1. The average Bonchev–Trinajstić information content (AvgIpc) is 3.50. The van der Waals surface area contributed by atoms with Gasteiger partial charge in [0.05, 0.1) is 11.0 Å². The molecule has 0 aliphatic heterocycles. The highest BCUT2D eigenvalue weighted by Gasteiger charge is 2.38. The second-order valence-corrected chi connectivity index (χ2v) is 8.92. The largest absolute Gasteiger partial charge is 0.490 e. The van der Waals surface area contributed by atoms with Gasteiger partial charge in [0.25, 0.3) is 5.91 Å². The molecule has 8 nitrogen and oxygen atoms in total. The third-order valence-corrected chi connectivity index (χ3v) is 6.27. The smallest absolute Gasteiger partial charge is 0.475 e. The lowest BCUT2D eigenvalue weighted by atomic mass is 9.85. The van der Waals surface area contributed by atoms with Gasteiger partial charge in [0.2, 0.25) is 0 Å². The molecule has 11 heteroatoms. The molecule has 37 heavy (non-hydrogen) atoms. The molecule has 2 aromatic carbocycles. The molecule has 0 spiro atoms. The molecule has 1 saturated carbocycles. The van der Waals surface area contributed by atoms with E-state index in [2.05, 4.69) is 21.4 Å². The van der Waals surface area contributed by atoms with Crippen LogP contribution in [0.15, 0.2) is 60.9 Å². The summed E-state index contributed by atoms with van der Waals surface area (Å²) >= 11 is 0. The van der Waals surface area contributed by atoms with Crippen LogP contribution in [-0.4, -0.2) is 48.7 Å². The van der Waals surface area contributed by atoms with Gasteiger partial charge in [-0.2, -0.15) is 13.2 Å². The van der Waals surface area contributed by atoms with Crippen molar-refractivity contribution in [1.29, 1.82) is 0 Å². The molecule has 4 aromatic rings. The number of para-hydroxylation sites is 2. The van der Waals surface area contributed by atoms with Crippen molar-refractivity contribution >= 4 is 22.9 Å². The molecule has 0 bridgehead atoms. The zero-order valence-electron chi connectivity index (χ0n) is 20.0. The quantitative estimate of drug-likeness (QED) is 0.353. The van der Waals surface area contributed by atoms with Gasteiger partial charge in [-0.05, 0) is 43.5 Å². The van der Waals surface area contributed by atoms with Crippen LogP contribution in [0.25, 0.3) is 22.4 Å². The van der Waals surface area contributed by atoms with Gasteiger partial charge in [-0.1, -0.05) is 30.7 Å². The fourth-order valence-corrected chi connectivity index (χ4v) is 4.42. The molecular weight excluding hydrogens is 487 g/mol. The summed E-state index contributed by atoms with van der Waals surface area (Å²) in [6, 6.07) is 15.9. The number of aromatic amines is 1. The number of aryl methyl sites for hydroxylation is 1. The van der Waals surface area contributed by atoms with Gasteiger partial charge >= 0.3 is 12.1 Å². The maximum absolute atomic E-state index is 12.8. The minimum atomic E-state index is -5.08. The minimum absolute atomic E-state index is 0.0170. The van der Waals surface area contributed by atoms with Crippen molar-refractivity contribution in [2.75, 3.05) is 0 Å². The third kappa shape index (κ3) is 6.35. The molecular formula is C26H26F3N5O3. The number of rotatable bonds is 4. The fourth-order valence-electron chi connectivity index (χ4n) is 4.42. The van der Waals surface area contributed by atoms with Gasteiger partial charge in [-0.3, -0.25) is 4.79 Å². The Labute approximate surface area is 210 Å². The molecule has 1 aliphatic rings. The number of H-pyrrole nitrogens is 1. The Morgan fingerprint density at radius 3 is 2.43 bits per heavy atom. The number of benzene rings is 2. The lowest BCUT2D eigenvalue weighted by molar-refractivity contribution is -0.192. The summed E-state index contributed by atoms with van der Waals surface area (Å²) in [6.07, 6.45) is 2.72. The molecule has 2 heterocycles. The Morgan fingerprint density at radius 2 is 1.81 bits per heavy atom. The third-order valence-electron chi connectivity index (χ3n) is 6.27. The van der Waals surface area contributed by atoms with Crippen molar-refractivity contribution in [2.45, 2.75) is 43.8 Å². The van der Waals surface area contributed by atoms with Crippen LogP contribution in [0, 0.1) is 0 Å². The molecule has 3 N–H and O–H groups in total. The van der Waals surface area contributed by atoms with Crippen molar-refractivity contribution in [2.24, 2.45) is 7.05 Å². The van der Waals surface area contributed by atoms with Gasteiger partial charge in [-0.15, -0.1) is 0 Å². The first-order valence-corrected chi connectivity index (χ1v) is 11.7. The number of hydrogen-bond donors (Lipinski definition) is 3. The molecule has 1 amide bonds. The van der Waals surface area contributed by atoms with E-state index in [0.717, 1.165) is 53.9 Å². The number of halogens is 3. The number of carboxylic acid groups (broad SMARTS) is 1. The maximum atomic E-state index is 12.8. The van der Waals surface area contributed by atoms with Crippen LogP contribution in [0.1, 0.15) is 47.8 Å². The van der Waals surface area contributed by atoms with Crippen LogP contribution in [0.4, 0.5) is 13.2 Å². The van der Waals surface area contributed by atoms with E-state index in [0.29, 0.717) is 11.5 Å². The highest BCUT2D eigenvalue weighted by atomic mass is 19.4. The number of aliphatic carboxylic acids is 1. The lowest BCUT2D eigenvalue weighted by Crippen LogP contribution is -2.38. The van der Waals surface area contributed by atoms with Gasteiger partial charge < -0.3 is 20.0 Å². The van der Waals surface area contributed by atoms with Gasteiger partial charge in [0, 0.05) is 42.5 Å². The number of alkyl halides is 3. The standard InChI is InChI=1S/C24H25N5O.C2HF3O2/c1-29-14-13-25-23(29)16-9-11-17(12-10-16)24(30)26-19-6-4-5-18(15-19)22-27-20-7-2-3-8-21(20)28-22;3-2(4,5)1(6)7/h2-3,7-14,18-19H,4-6,15H2,1H3,(H,26,30)(H,27,28);(H,6,7). The van der Waals surface area contributed by atoms with E-state index in [1.165, 1.54) is 0 Å². The second-order valence-electron chi connectivity index (χ2n) is 8.92. The lowest BCUT2D eigenvalue weighted by Gasteiger charge is -2.28. The summed E-state index contributed by atoms with van der Waals surface area (Å²) in [5, 5.41) is 10.4. The normalized spacial score (nSPS) is 17.6. The summed E-state index contributed by atoms with van der Waals surface area (Å²) in [5.74, 6) is -0.496. The van der Waals surface area contributed by atoms with E-state index in [9.17, 15) is 18.0 Å². The Bertz CT molecular complexity index is 1350. The molecule has 2 aromatic heterocycles. The second kappa shape index (κ2) is 10.9. The number of fused-ring (bicyclic) bond motifs is 1. The van der Waals surface area contributed by atoms with Crippen molar-refractivity contribution < 1.29 is 27.9 Å². The molecule has 0 saturated heterocycles. The van der Waals surface area contributed by atoms with E-state index in [1.807, 2.05) is 60.3 Å². The summed E-state index contributed by atoms with van der Waals surface area (Å²) in [5.41, 5.74) is 3.76. The van der Waals surface area contributed by atoms with Crippen LogP contribution in [0.2, 0.25) is 0 Å². The van der Waals surface area contributed by atoms with Crippen LogP contribution < -0.4 is 5.32 Å². The average molecular weight is 514 g/mol. The first-order valence-electron chi connectivity index (χ1n) is 11.7. The van der Waals surface area contributed by atoms with Crippen molar-refractivity contribution in [3.63, 3.8) is 0 Å². The zero-order valence-corrected chi connectivity index (χ0v) is 20.0. The molecule has 0 radical (unpaired) electrons. The number of amides is 1. The van der Waals surface area contributed by atoms with Gasteiger partial charge in [0.15, 0.2) is 0 Å². The monoisotopic (exact) mass is 513 g/mol. The Hall–Kier alpha value is -4.15. The van der Waals surface area contributed by atoms with E-state index in [1.54, 1.807) is 6.20 Å². The van der Waals surface area contributed by atoms with E-state index in [-0.39, 0.29) is 11.9 Å². The number of carboxylic acids is 1. The van der Waals surface area contributed by atoms with E-state index >= 15 is 0 Å². The van der Waals surface area contributed by atoms with Crippen molar-refractivity contribution in [1.82, 2.24) is 24.8 Å². The number of aromatic nitrogens is 4. The highest BCUT2D eigenvalue weighted by molar-refractivity contribution is 5.94. The Kier molecular flexibility index (Phi) is 7.61. The van der Waals surface area contributed by atoms with E-state index in [4.69, 9.17) is 14.9 Å². The molecule has 2 unspecified atom stereocenters. The van der Waals surface area contributed by atoms with Crippen LogP contribution in [0.3, 0.4) is 0 Å². The Morgan fingerprint density at radius 1 is 1.11 bits per heavy atom. The molecule has 1 aliphatic carbocycles. The van der Waals surface area contributed by atoms with Crippen molar-refractivity contribution in [3.8, 4) is 11.4 Å². The minimum Gasteiger partial charge on any atom is -0.475 e. The predicted molar refractivity (Wildman–Crippen MR) is 131 cm³/mol. The molecule has 5 rings (SSSR count). The number of carbonyl (C=O) groups is 2. The van der Waals surface area contributed by atoms with Crippen LogP contribution in [0.5, 0.6) is 0 Å². The van der Waals surface area contributed by atoms with Crippen molar-refractivity contribution in [3.05, 3.63) is 72.3 Å². The first-order chi connectivity index (χ1) is 17.6. The van der Waals surface area contributed by atoms with Crippen LogP contribution in [-0.2, 0) is 11.8 Å². The van der Waals surface area contributed by atoms with Gasteiger partial charge in [-0.25, -0.2) is 14.8 Å². The fraction of sp³-hybridized carbons (Fsp3) is 0.308. The predicted octanol–water partition coefficient (Wildman–Crippen LogP) is 5.05. The summed E-state index contributed by atoms with van der Waals surface area (Å²) in [7, 11) is 1.96. The highest BCUT2D eigenvalue weighted by Crippen LogP contribution is 2.32. The zero-order chi connectivity index (χ0) is 26.6. The number of nitrogens with zero attached hydrogens (tertiary/aromatic N) is 3. The number of hydrogen-bond acceptors (Lipinski definition) is 4. The summed E-state index contributed by atoms with van der Waals surface area (Å²) in [6.45, 7) is 0. The van der Waals surface area contributed by atoms with Crippen LogP contribution >= 0.6 is 0 Å².